The van der Waals surface area contributed by atoms with Crippen molar-refractivity contribution in [1.82, 2.24) is 0 Å². The number of ether oxygens (including phenoxy) is 3. The van der Waals surface area contributed by atoms with Crippen LogP contribution < -0.4 is 0 Å². The first-order valence-electron chi connectivity index (χ1n) is 24.8. The summed E-state index contributed by atoms with van der Waals surface area (Å²) in [6.45, 7) is 6.38. The number of rotatable bonds is 43. The zero-order chi connectivity index (χ0) is 44.4. The summed E-state index contributed by atoms with van der Waals surface area (Å²) in [4.78, 5) is 37.8. The zero-order valence-electron chi connectivity index (χ0n) is 39.4. The minimum absolute atomic E-state index is 0.117. The Morgan fingerprint density at radius 1 is 0.361 bits per heavy atom. The van der Waals surface area contributed by atoms with Gasteiger partial charge in [0.2, 0.25) is 0 Å². The molecule has 0 aromatic carbocycles. The van der Waals surface area contributed by atoms with Crippen molar-refractivity contribution in [3.63, 3.8) is 0 Å². The Hall–Kier alpha value is -3.67. The first kappa shape index (κ1) is 57.3. The maximum atomic E-state index is 12.7. The number of allylic oxidation sites excluding steroid dienone is 16. The van der Waals surface area contributed by atoms with Crippen LogP contribution in [-0.2, 0) is 28.6 Å². The SMILES string of the molecule is CC/C=C\C/C=C\CCCCCCCC(=O)OCC(COC(=O)CCCCCCC\C=C/C=C\C=C/C=C\CCCCC)OC(=O)CC/C=C\C/C=C\CCCCCCCC. The van der Waals surface area contributed by atoms with Crippen molar-refractivity contribution in [2.45, 2.75) is 219 Å². The average Bonchev–Trinajstić information content (AvgIpc) is 3.26. The number of hydrogen-bond acceptors (Lipinski definition) is 6. The summed E-state index contributed by atoms with van der Waals surface area (Å²) in [5, 5.41) is 0. The molecule has 346 valence electrons. The number of hydrogen-bond donors (Lipinski definition) is 0. The molecule has 61 heavy (non-hydrogen) atoms. The number of carbonyl (C=O) groups is 3. The number of unbranched alkanes of at least 4 members (excludes halogenated alkanes) is 19. The van der Waals surface area contributed by atoms with Gasteiger partial charge >= 0.3 is 17.9 Å². The Bertz CT molecular complexity index is 1250. The van der Waals surface area contributed by atoms with E-state index in [4.69, 9.17) is 14.2 Å². The van der Waals surface area contributed by atoms with E-state index in [-0.39, 0.29) is 31.6 Å². The monoisotopic (exact) mass is 847 g/mol. The largest absolute Gasteiger partial charge is 0.462 e. The van der Waals surface area contributed by atoms with Gasteiger partial charge in [0.15, 0.2) is 6.10 Å². The molecular weight excluding hydrogens is 757 g/mol. The van der Waals surface area contributed by atoms with Gasteiger partial charge in [-0.2, -0.15) is 0 Å². The minimum atomic E-state index is -0.823. The van der Waals surface area contributed by atoms with Crippen LogP contribution in [0.25, 0.3) is 0 Å². The van der Waals surface area contributed by atoms with Crippen LogP contribution in [0, 0.1) is 0 Å². The lowest BCUT2D eigenvalue weighted by Crippen LogP contribution is -2.30. The van der Waals surface area contributed by atoms with Gasteiger partial charge in [-0.3, -0.25) is 14.4 Å². The summed E-state index contributed by atoms with van der Waals surface area (Å²) < 4.78 is 16.7. The van der Waals surface area contributed by atoms with Gasteiger partial charge in [-0.05, 0) is 89.9 Å². The van der Waals surface area contributed by atoms with E-state index in [0.717, 1.165) is 109 Å². The summed E-state index contributed by atoms with van der Waals surface area (Å²) >= 11 is 0. The highest BCUT2D eigenvalue weighted by Gasteiger charge is 2.19. The standard InChI is InChI=1S/C55H90O6/c1-4-7-10-13-16-19-22-25-26-27-28-29-31-33-36-39-42-45-48-54(57)60-51-52(50-59-53(56)47-44-41-38-35-32-24-21-18-15-12-9-6-3)61-55(58)49-46-43-40-37-34-30-23-20-17-14-11-8-5-2/h9,12,16,18-19,21-22,25-30,34,40,43,52H,4-8,10-11,13-15,17,20,23-24,31-33,35-39,41-42,44-51H2,1-3H3/b12-9-,19-16-,21-18-,25-22-,27-26-,29-28-,34-30-,43-40-. The topological polar surface area (TPSA) is 78.9 Å². The molecule has 0 heterocycles. The molecule has 0 saturated heterocycles. The van der Waals surface area contributed by atoms with Gasteiger partial charge in [0.1, 0.15) is 13.2 Å². The second-order valence-corrected chi connectivity index (χ2v) is 16.1. The van der Waals surface area contributed by atoms with E-state index in [0.29, 0.717) is 19.3 Å². The van der Waals surface area contributed by atoms with Crippen LogP contribution in [0.3, 0.4) is 0 Å². The van der Waals surface area contributed by atoms with Crippen LogP contribution in [0.1, 0.15) is 213 Å². The van der Waals surface area contributed by atoms with Crippen LogP contribution in [0.2, 0.25) is 0 Å². The smallest absolute Gasteiger partial charge is 0.306 e. The van der Waals surface area contributed by atoms with E-state index in [2.05, 4.69) is 112 Å². The van der Waals surface area contributed by atoms with Crippen molar-refractivity contribution < 1.29 is 28.6 Å². The van der Waals surface area contributed by atoms with Crippen LogP contribution in [0.5, 0.6) is 0 Å². The summed E-state index contributed by atoms with van der Waals surface area (Å²) in [6, 6.07) is 0. The number of carbonyl (C=O) groups excluding carboxylic acids is 3. The predicted octanol–water partition coefficient (Wildman–Crippen LogP) is 16.2. The Balaban J connectivity index is 4.51. The van der Waals surface area contributed by atoms with E-state index in [1.807, 2.05) is 6.08 Å². The highest BCUT2D eigenvalue weighted by molar-refractivity contribution is 5.71. The van der Waals surface area contributed by atoms with Crippen LogP contribution >= 0.6 is 0 Å². The van der Waals surface area contributed by atoms with Crippen molar-refractivity contribution in [3.8, 4) is 0 Å². The van der Waals surface area contributed by atoms with Crippen molar-refractivity contribution in [3.05, 3.63) is 97.2 Å². The first-order chi connectivity index (χ1) is 30.0. The van der Waals surface area contributed by atoms with Crippen LogP contribution in [-0.4, -0.2) is 37.2 Å². The van der Waals surface area contributed by atoms with E-state index < -0.39 is 12.1 Å². The Morgan fingerprint density at radius 3 is 1.23 bits per heavy atom. The molecule has 0 N–H and O–H groups in total. The second-order valence-electron chi connectivity index (χ2n) is 16.1. The molecule has 6 heteroatoms. The normalized spacial score (nSPS) is 12.9. The van der Waals surface area contributed by atoms with Crippen molar-refractivity contribution in [2.24, 2.45) is 0 Å². The lowest BCUT2D eigenvalue weighted by molar-refractivity contribution is -0.166. The summed E-state index contributed by atoms with van der Waals surface area (Å²) in [5.74, 6) is -1.03. The third-order valence-corrected chi connectivity index (χ3v) is 10.2. The van der Waals surface area contributed by atoms with Crippen molar-refractivity contribution in [2.75, 3.05) is 13.2 Å². The van der Waals surface area contributed by atoms with Gasteiger partial charge in [-0.15, -0.1) is 0 Å². The predicted molar refractivity (Wildman–Crippen MR) is 260 cm³/mol. The molecule has 1 unspecified atom stereocenters. The van der Waals surface area contributed by atoms with Gasteiger partial charge in [0.05, 0.1) is 0 Å². The molecule has 6 nitrogen and oxygen atoms in total. The molecule has 0 aromatic heterocycles. The minimum Gasteiger partial charge on any atom is -0.462 e. The third kappa shape index (κ3) is 47.2. The lowest BCUT2D eigenvalue weighted by Gasteiger charge is -2.18. The highest BCUT2D eigenvalue weighted by Crippen LogP contribution is 2.12. The summed E-state index contributed by atoms with van der Waals surface area (Å²) in [7, 11) is 0. The lowest BCUT2D eigenvalue weighted by atomic mass is 10.1. The summed E-state index contributed by atoms with van der Waals surface area (Å²) in [5.41, 5.74) is 0. The molecule has 0 radical (unpaired) electrons. The second kappa shape index (κ2) is 49.0. The van der Waals surface area contributed by atoms with E-state index in [1.165, 1.54) is 57.8 Å². The van der Waals surface area contributed by atoms with Gasteiger partial charge in [0, 0.05) is 19.3 Å². The molecule has 0 aliphatic carbocycles. The van der Waals surface area contributed by atoms with Gasteiger partial charge in [-0.25, -0.2) is 0 Å². The molecule has 0 rings (SSSR count). The summed E-state index contributed by atoms with van der Waals surface area (Å²) in [6.07, 6.45) is 64.0. The quantitative estimate of drug-likeness (QED) is 0.0200. The molecule has 0 spiro atoms. The van der Waals surface area contributed by atoms with Crippen molar-refractivity contribution in [1.29, 1.82) is 0 Å². The molecule has 0 bridgehead atoms. The molecule has 0 fully saturated rings. The zero-order valence-corrected chi connectivity index (χ0v) is 39.4. The maximum Gasteiger partial charge on any atom is 0.306 e. The number of esters is 3. The van der Waals surface area contributed by atoms with E-state index in [1.54, 1.807) is 0 Å². The maximum absolute atomic E-state index is 12.7. The van der Waals surface area contributed by atoms with Crippen molar-refractivity contribution >= 4 is 17.9 Å². The van der Waals surface area contributed by atoms with Gasteiger partial charge in [0.25, 0.3) is 0 Å². The average molecular weight is 847 g/mol. The van der Waals surface area contributed by atoms with E-state index in [9.17, 15) is 14.4 Å². The molecule has 0 saturated carbocycles. The Morgan fingerprint density at radius 2 is 0.738 bits per heavy atom. The molecule has 0 amide bonds. The Labute approximate surface area is 375 Å². The third-order valence-electron chi connectivity index (χ3n) is 10.2. The van der Waals surface area contributed by atoms with E-state index >= 15 is 0 Å². The fourth-order valence-electron chi connectivity index (χ4n) is 6.43. The van der Waals surface area contributed by atoms with Crippen LogP contribution in [0.4, 0.5) is 0 Å². The molecular formula is C55H90O6. The van der Waals surface area contributed by atoms with Gasteiger partial charge < -0.3 is 14.2 Å². The molecule has 0 aliphatic heterocycles. The van der Waals surface area contributed by atoms with Crippen LogP contribution in [0.15, 0.2) is 97.2 Å². The fourth-order valence-corrected chi connectivity index (χ4v) is 6.43. The molecule has 0 aliphatic rings. The first-order valence-corrected chi connectivity index (χ1v) is 24.8. The molecule has 0 aromatic rings. The highest BCUT2D eigenvalue weighted by atomic mass is 16.6. The fraction of sp³-hybridized carbons (Fsp3) is 0.655. The Kier molecular flexibility index (Phi) is 46.0. The van der Waals surface area contributed by atoms with Gasteiger partial charge in [-0.1, -0.05) is 201 Å². The molecule has 1 atom stereocenters.